The fourth-order valence-electron chi connectivity index (χ4n) is 3.26. The molecule has 126 valence electrons. The molecule has 1 aromatic carbocycles. The van der Waals surface area contributed by atoms with E-state index >= 15 is 0 Å². The second kappa shape index (κ2) is 6.99. The number of nitrogens with one attached hydrogen (secondary N) is 2. The molecule has 2 aliphatic heterocycles. The molecule has 0 spiro atoms. The Labute approximate surface area is 146 Å². The van der Waals surface area contributed by atoms with Crippen LogP contribution in [0.4, 0.5) is 0 Å². The predicted molar refractivity (Wildman–Crippen MR) is 101 cm³/mol. The van der Waals surface area contributed by atoms with Crippen LogP contribution in [-0.2, 0) is 11.2 Å². The first-order valence-electron chi connectivity index (χ1n) is 8.56. The molecule has 2 aromatic rings. The number of amidine groups is 1. The van der Waals surface area contributed by atoms with Crippen molar-refractivity contribution in [3.05, 3.63) is 35.5 Å². The molecular weight excluding hydrogens is 320 g/mol. The van der Waals surface area contributed by atoms with Crippen molar-refractivity contribution >= 4 is 33.5 Å². The van der Waals surface area contributed by atoms with Crippen LogP contribution in [0.3, 0.4) is 0 Å². The van der Waals surface area contributed by atoms with Crippen molar-refractivity contribution in [2.45, 2.75) is 32.3 Å². The Kier molecular flexibility index (Phi) is 4.58. The van der Waals surface area contributed by atoms with Crippen LogP contribution in [0.25, 0.3) is 10.9 Å². The number of nitrogens with zero attached hydrogens (tertiary/aromatic N) is 2. The molecule has 0 unspecified atom stereocenters. The van der Waals surface area contributed by atoms with Gasteiger partial charge in [0.15, 0.2) is 5.17 Å². The molecule has 2 N–H and O–H groups in total. The van der Waals surface area contributed by atoms with Crippen LogP contribution in [0.15, 0.2) is 34.5 Å². The van der Waals surface area contributed by atoms with Crippen molar-refractivity contribution in [2.75, 3.05) is 18.9 Å². The van der Waals surface area contributed by atoms with Gasteiger partial charge in [0.05, 0.1) is 18.4 Å². The lowest BCUT2D eigenvalue weighted by molar-refractivity contribution is 0.118. The minimum Gasteiger partial charge on any atom is -0.376 e. The van der Waals surface area contributed by atoms with Crippen molar-refractivity contribution < 1.29 is 4.74 Å². The van der Waals surface area contributed by atoms with Crippen molar-refractivity contribution in [2.24, 2.45) is 10.1 Å². The van der Waals surface area contributed by atoms with Gasteiger partial charge in [0.25, 0.3) is 0 Å². The second-order valence-corrected chi connectivity index (χ2v) is 7.10. The van der Waals surface area contributed by atoms with Gasteiger partial charge in [-0.1, -0.05) is 36.9 Å². The molecule has 1 atom stereocenters. The summed E-state index contributed by atoms with van der Waals surface area (Å²) in [6.45, 7) is 3.79. The van der Waals surface area contributed by atoms with Gasteiger partial charge in [0.1, 0.15) is 0 Å². The SMILES string of the molecule is CCc1cccc2c(C3=NNC(=NC[C@@H]4CCCO4)SC3)c[nH]c12. The monoisotopic (exact) mass is 342 g/mol. The summed E-state index contributed by atoms with van der Waals surface area (Å²) in [6.07, 6.45) is 5.64. The lowest BCUT2D eigenvalue weighted by Gasteiger charge is -2.15. The van der Waals surface area contributed by atoms with E-state index in [0.29, 0.717) is 0 Å². The number of aliphatic imine (C=N–C) groups is 1. The normalized spacial score (nSPS) is 22.8. The number of ether oxygens (including phenoxy) is 1. The fourth-order valence-corrected chi connectivity index (χ4v) is 4.03. The number of hydrazone groups is 1. The molecule has 5 nitrogen and oxygen atoms in total. The molecule has 0 aliphatic carbocycles. The van der Waals surface area contributed by atoms with Gasteiger partial charge in [0.2, 0.25) is 0 Å². The number of aromatic amines is 1. The predicted octanol–water partition coefficient (Wildman–Crippen LogP) is 3.31. The molecule has 1 saturated heterocycles. The number of benzene rings is 1. The summed E-state index contributed by atoms with van der Waals surface area (Å²) in [6, 6.07) is 6.46. The topological polar surface area (TPSA) is 61.8 Å². The van der Waals surface area contributed by atoms with E-state index in [2.05, 4.69) is 51.8 Å². The van der Waals surface area contributed by atoms with E-state index in [1.165, 1.54) is 22.0 Å². The maximum Gasteiger partial charge on any atom is 0.177 e. The Balaban J connectivity index is 1.51. The minimum absolute atomic E-state index is 0.284. The first kappa shape index (κ1) is 15.7. The number of hydrogen-bond donors (Lipinski definition) is 2. The van der Waals surface area contributed by atoms with E-state index in [1.54, 1.807) is 11.8 Å². The highest BCUT2D eigenvalue weighted by atomic mass is 32.2. The van der Waals surface area contributed by atoms with Gasteiger partial charge in [0, 0.05) is 35.0 Å². The molecular formula is C18H22N4OS. The van der Waals surface area contributed by atoms with Gasteiger partial charge in [-0.05, 0) is 24.8 Å². The lowest BCUT2D eigenvalue weighted by atomic mass is 10.1. The Morgan fingerprint density at radius 1 is 1.42 bits per heavy atom. The number of aromatic nitrogens is 1. The van der Waals surface area contributed by atoms with Gasteiger partial charge in [-0.25, -0.2) is 0 Å². The molecule has 0 bridgehead atoms. The Morgan fingerprint density at radius 2 is 2.38 bits per heavy atom. The van der Waals surface area contributed by atoms with Crippen LogP contribution >= 0.6 is 11.8 Å². The number of para-hydroxylation sites is 1. The van der Waals surface area contributed by atoms with Crippen LogP contribution in [0.1, 0.15) is 30.9 Å². The summed E-state index contributed by atoms with van der Waals surface area (Å²) >= 11 is 1.71. The zero-order valence-corrected chi connectivity index (χ0v) is 14.7. The van der Waals surface area contributed by atoms with E-state index in [0.717, 1.165) is 49.0 Å². The number of thioether (sulfide) groups is 1. The maximum atomic E-state index is 5.61. The van der Waals surface area contributed by atoms with Crippen LogP contribution in [0.5, 0.6) is 0 Å². The highest BCUT2D eigenvalue weighted by Crippen LogP contribution is 2.25. The van der Waals surface area contributed by atoms with Crippen LogP contribution in [-0.4, -0.2) is 40.9 Å². The molecule has 2 aliphatic rings. The highest BCUT2D eigenvalue weighted by molar-refractivity contribution is 8.14. The molecule has 1 fully saturated rings. The molecule has 1 aromatic heterocycles. The molecule has 4 rings (SSSR count). The standard InChI is InChI=1S/C18H22N4OS/c1-2-12-5-3-7-14-15(10-19-17(12)14)16-11-24-18(22-21-16)20-9-13-6-4-8-23-13/h3,5,7,10,13,19H,2,4,6,8-9,11H2,1H3,(H,20,22)/t13-/m0/s1. The first-order valence-corrected chi connectivity index (χ1v) is 9.54. The van der Waals surface area contributed by atoms with Gasteiger partial charge in [-0.3, -0.25) is 10.4 Å². The van der Waals surface area contributed by atoms with Gasteiger partial charge >= 0.3 is 0 Å². The molecule has 24 heavy (non-hydrogen) atoms. The van der Waals surface area contributed by atoms with Crippen LogP contribution < -0.4 is 5.43 Å². The summed E-state index contributed by atoms with van der Waals surface area (Å²) in [5, 5.41) is 6.70. The zero-order valence-electron chi connectivity index (χ0n) is 13.8. The molecule has 0 radical (unpaired) electrons. The molecule has 3 heterocycles. The highest BCUT2D eigenvalue weighted by Gasteiger charge is 2.19. The molecule has 6 heteroatoms. The molecule has 0 amide bonds. The fraction of sp³-hybridized carbons (Fsp3) is 0.444. The number of H-pyrrole nitrogens is 1. The van der Waals surface area contributed by atoms with E-state index in [1.807, 2.05) is 0 Å². The van der Waals surface area contributed by atoms with E-state index in [4.69, 9.17) is 4.74 Å². The number of rotatable bonds is 4. The van der Waals surface area contributed by atoms with Crippen molar-refractivity contribution in [1.82, 2.24) is 10.4 Å². The Morgan fingerprint density at radius 3 is 3.12 bits per heavy atom. The third-order valence-corrected chi connectivity index (χ3v) is 5.50. The average Bonchev–Trinajstić information content (AvgIpc) is 3.29. The summed E-state index contributed by atoms with van der Waals surface area (Å²) in [4.78, 5) is 8.01. The van der Waals surface area contributed by atoms with Crippen LogP contribution in [0.2, 0.25) is 0 Å². The summed E-state index contributed by atoms with van der Waals surface area (Å²) in [5.74, 6) is 0.834. The van der Waals surface area contributed by atoms with E-state index < -0.39 is 0 Å². The van der Waals surface area contributed by atoms with Crippen molar-refractivity contribution in [3.8, 4) is 0 Å². The van der Waals surface area contributed by atoms with Crippen molar-refractivity contribution in [3.63, 3.8) is 0 Å². The third-order valence-electron chi connectivity index (χ3n) is 4.59. The number of aryl methyl sites for hydroxylation is 1. The largest absolute Gasteiger partial charge is 0.376 e. The Hall–Kier alpha value is -1.79. The summed E-state index contributed by atoms with van der Waals surface area (Å²) < 4.78 is 5.61. The minimum atomic E-state index is 0.284. The number of fused-ring (bicyclic) bond motifs is 1. The van der Waals surface area contributed by atoms with Crippen molar-refractivity contribution in [1.29, 1.82) is 0 Å². The van der Waals surface area contributed by atoms with E-state index in [9.17, 15) is 0 Å². The third kappa shape index (κ3) is 3.08. The smallest absolute Gasteiger partial charge is 0.177 e. The summed E-state index contributed by atoms with van der Waals surface area (Å²) in [7, 11) is 0. The number of hydrogen-bond acceptors (Lipinski definition) is 4. The van der Waals surface area contributed by atoms with Gasteiger partial charge in [-0.2, -0.15) is 5.10 Å². The maximum absolute atomic E-state index is 5.61. The van der Waals surface area contributed by atoms with Gasteiger partial charge < -0.3 is 9.72 Å². The Bertz CT molecular complexity index is 789. The quantitative estimate of drug-likeness (QED) is 0.896. The van der Waals surface area contributed by atoms with E-state index in [-0.39, 0.29) is 6.10 Å². The lowest BCUT2D eigenvalue weighted by Crippen LogP contribution is -2.26. The van der Waals surface area contributed by atoms with Crippen LogP contribution in [0, 0.1) is 0 Å². The first-order chi connectivity index (χ1) is 11.8. The molecule has 0 saturated carbocycles. The van der Waals surface area contributed by atoms with Gasteiger partial charge in [-0.15, -0.1) is 0 Å². The second-order valence-electron chi connectivity index (χ2n) is 6.14. The summed E-state index contributed by atoms with van der Waals surface area (Å²) in [5.41, 5.74) is 7.92. The average molecular weight is 342 g/mol. The zero-order chi connectivity index (χ0) is 16.4.